The Kier molecular flexibility index (Phi) is 9.11. The topological polar surface area (TPSA) is 138 Å². The molecule has 4 N–H and O–H groups in total. The maximum absolute atomic E-state index is 11.4. The number of phosphoric acid groups is 1. The van der Waals surface area contributed by atoms with E-state index in [1.807, 2.05) is 0 Å². The Hall–Kier alpha value is -0.540. The van der Waals surface area contributed by atoms with Gasteiger partial charge in [0.2, 0.25) is 0 Å². The number of hydrogen-bond acceptors (Lipinski definition) is 7. The lowest BCUT2D eigenvalue weighted by atomic mass is 10.3. The first-order valence-corrected chi connectivity index (χ1v) is 7.02. The number of nitrogens with two attached hydrogens (primary N) is 1. The van der Waals surface area contributed by atoms with Crippen LogP contribution in [0.5, 0.6) is 0 Å². The molecule has 0 radical (unpaired) electrons. The van der Waals surface area contributed by atoms with Gasteiger partial charge >= 0.3 is 13.8 Å². The monoisotopic (exact) mass is 301 g/mol. The second kappa shape index (κ2) is 9.38. The summed E-state index contributed by atoms with van der Waals surface area (Å²) >= 11 is 0. The summed E-state index contributed by atoms with van der Waals surface area (Å²) in [6.45, 7) is 1.47. The average molecular weight is 301 g/mol. The summed E-state index contributed by atoms with van der Waals surface area (Å²) < 4.78 is 30.5. The van der Waals surface area contributed by atoms with Gasteiger partial charge in [0, 0.05) is 13.7 Å². The first-order valence-electron chi connectivity index (χ1n) is 5.53. The lowest BCUT2D eigenvalue weighted by Crippen LogP contribution is -2.34. The van der Waals surface area contributed by atoms with Gasteiger partial charge in [-0.25, -0.2) is 4.57 Å². The van der Waals surface area contributed by atoms with Gasteiger partial charge in [-0.15, -0.1) is 0 Å². The van der Waals surface area contributed by atoms with Crippen LogP contribution in [-0.4, -0.2) is 61.7 Å². The van der Waals surface area contributed by atoms with E-state index in [2.05, 4.69) is 9.05 Å². The fraction of sp³-hybridized carbons (Fsp3) is 0.889. The first kappa shape index (κ1) is 18.5. The summed E-state index contributed by atoms with van der Waals surface area (Å²) in [4.78, 5) is 19.7. The van der Waals surface area contributed by atoms with Crippen LogP contribution < -0.4 is 5.73 Å². The van der Waals surface area contributed by atoms with Gasteiger partial charge in [-0.05, 0) is 6.92 Å². The van der Waals surface area contributed by atoms with Crippen LogP contribution in [0, 0.1) is 0 Å². The van der Waals surface area contributed by atoms with Crippen molar-refractivity contribution in [3.05, 3.63) is 0 Å². The van der Waals surface area contributed by atoms with Crippen molar-refractivity contribution in [3.63, 3.8) is 0 Å². The molecule has 19 heavy (non-hydrogen) atoms. The maximum atomic E-state index is 11.4. The SMILES string of the molecule is CCOC(COC)COP(=O)(O)OCC(N)C(=O)O. The Morgan fingerprint density at radius 3 is 2.37 bits per heavy atom. The molecule has 0 aliphatic rings. The lowest BCUT2D eigenvalue weighted by molar-refractivity contribution is -0.139. The number of carbonyl (C=O) groups is 1. The smallest absolute Gasteiger partial charge is 0.472 e. The third kappa shape index (κ3) is 9.06. The van der Waals surface area contributed by atoms with Crippen molar-refractivity contribution in [3.8, 4) is 0 Å². The quantitative estimate of drug-likeness (QED) is 0.434. The number of carboxylic acids is 1. The van der Waals surface area contributed by atoms with Crippen molar-refractivity contribution >= 4 is 13.8 Å². The third-order valence-corrected chi connectivity index (χ3v) is 2.86. The number of aliphatic carboxylic acids is 1. The van der Waals surface area contributed by atoms with Gasteiger partial charge in [0.05, 0.1) is 19.8 Å². The molecule has 0 saturated heterocycles. The second-order valence-corrected chi connectivity index (χ2v) is 4.99. The molecule has 0 amide bonds. The van der Waals surface area contributed by atoms with Crippen molar-refractivity contribution in [2.75, 3.05) is 33.5 Å². The zero-order valence-electron chi connectivity index (χ0n) is 10.9. The van der Waals surface area contributed by atoms with Crippen molar-refractivity contribution in [2.45, 2.75) is 19.1 Å². The molecule has 3 unspecified atom stereocenters. The maximum Gasteiger partial charge on any atom is 0.472 e. The number of phosphoric ester groups is 1. The summed E-state index contributed by atoms with van der Waals surface area (Å²) in [5.41, 5.74) is 5.12. The molecular formula is C9H20NO8P. The van der Waals surface area contributed by atoms with Gasteiger partial charge in [-0.3, -0.25) is 13.8 Å². The molecule has 9 nitrogen and oxygen atoms in total. The number of hydrogen-bond donors (Lipinski definition) is 3. The fourth-order valence-electron chi connectivity index (χ4n) is 1.03. The zero-order valence-corrected chi connectivity index (χ0v) is 11.7. The van der Waals surface area contributed by atoms with E-state index in [1.165, 1.54) is 7.11 Å². The standard InChI is InChI=1S/C9H20NO8P/c1-3-16-7(4-15-2)5-17-19(13,14)18-6-8(10)9(11)12/h7-8H,3-6,10H2,1-2H3,(H,11,12)(H,13,14). The Bertz CT molecular complexity index is 307. The molecule has 0 aliphatic carbocycles. The summed E-state index contributed by atoms with van der Waals surface area (Å²) in [5, 5.41) is 8.48. The van der Waals surface area contributed by atoms with Crippen LogP contribution in [0.3, 0.4) is 0 Å². The van der Waals surface area contributed by atoms with Crippen LogP contribution in [0.25, 0.3) is 0 Å². The van der Waals surface area contributed by atoms with E-state index in [1.54, 1.807) is 6.92 Å². The molecule has 114 valence electrons. The van der Waals surface area contributed by atoms with Gasteiger partial charge in [-0.1, -0.05) is 0 Å². The van der Waals surface area contributed by atoms with E-state index in [-0.39, 0.29) is 13.2 Å². The van der Waals surface area contributed by atoms with Crippen molar-refractivity contribution in [1.82, 2.24) is 0 Å². The normalized spacial score (nSPS) is 17.7. The minimum atomic E-state index is -4.37. The molecule has 0 aromatic carbocycles. The molecule has 0 saturated carbocycles. The molecule has 10 heteroatoms. The second-order valence-electron chi connectivity index (χ2n) is 3.54. The number of ether oxygens (including phenoxy) is 2. The van der Waals surface area contributed by atoms with Crippen molar-refractivity contribution in [2.24, 2.45) is 5.73 Å². The Morgan fingerprint density at radius 2 is 1.89 bits per heavy atom. The molecule has 0 rings (SSSR count). The van der Waals surface area contributed by atoms with Gasteiger partial charge < -0.3 is 25.2 Å². The molecule has 0 aromatic heterocycles. The van der Waals surface area contributed by atoms with Gasteiger partial charge in [0.1, 0.15) is 12.1 Å². The van der Waals surface area contributed by atoms with Crippen LogP contribution in [0.2, 0.25) is 0 Å². The number of carboxylic acid groups (broad SMARTS) is 1. The molecule has 0 aromatic rings. The van der Waals surface area contributed by atoms with E-state index in [4.69, 9.17) is 20.3 Å². The van der Waals surface area contributed by atoms with Gasteiger partial charge in [0.15, 0.2) is 0 Å². The van der Waals surface area contributed by atoms with Gasteiger partial charge in [0.25, 0.3) is 0 Å². The molecule has 0 bridgehead atoms. The highest BCUT2D eigenvalue weighted by Gasteiger charge is 2.26. The van der Waals surface area contributed by atoms with Crippen molar-refractivity contribution in [1.29, 1.82) is 0 Å². The third-order valence-electron chi connectivity index (χ3n) is 1.91. The van der Waals surface area contributed by atoms with Gasteiger partial charge in [-0.2, -0.15) is 0 Å². The molecule has 0 fully saturated rings. The Morgan fingerprint density at radius 1 is 1.32 bits per heavy atom. The van der Waals surface area contributed by atoms with E-state index in [0.717, 1.165) is 0 Å². The molecule has 0 heterocycles. The van der Waals surface area contributed by atoms with E-state index in [0.29, 0.717) is 6.61 Å². The number of rotatable bonds is 11. The Labute approximate surface area is 111 Å². The average Bonchev–Trinajstić information content (AvgIpc) is 2.33. The highest BCUT2D eigenvalue weighted by atomic mass is 31.2. The predicted octanol–water partition coefficient (Wildman–Crippen LogP) is -0.417. The van der Waals surface area contributed by atoms with Crippen LogP contribution >= 0.6 is 7.82 Å². The summed E-state index contributed by atoms with van der Waals surface area (Å²) in [6.07, 6.45) is -0.521. The van der Waals surface area contributed by atoms with Crippen LogP contribution in [0.15, 0.2) is 0 Å². The highest BCUT2D eigenvalue weighted by molar-refractivity contribution is 7.47. The fourth-order valence-corrected chi connectivity index (χ4v) is 1.80. The van der Waals surface area contributed by atoms with Crippen LogP contribution in [0.4, 0.5) is 0 Å². The minimum Gasteiger partial charge on any atom is -0.480 e. The summed E-state index contributed by atoms with van der Waals surface area (Å²) in [7, 11) is -2.91. The zero-order chi connectivity index (χ0) is 14.9. The molecular weight excluding hydrogens is 281 g/mol. The number of methoxy groups -OCH3 is 1. The van der Waals surface area contributed by atoms with E-state index < -0.39 is 32.5 Å². The summed E-state index contributed by atoms with van der Waals surface area (Å²) in [6, 6.07) is -1.40. The predicted molar refractivity (Wildman–Crippen MR) is 64.6 cm³/mol. The first-order chi connectivity index (χ1) is 8.82. The highest BCUT2D eigenvalue weighted by Crippen LogP contribution is 2.43. The minimum absolute atomic E-state index is 0.183. The molecule has 0 spiro atoms. The Balaban J connectivity index is 4.13. The largest absolute Gasteiger partial charge is 0.480 e. The van der Waals surface area contributed by atoms with E-state index in [9.17, 15) is 14.3 Å². The van der Waals surface area contributed by atoms with Crippen LogP contribution in [-0.2, 0) is 27.9 Å². The van der Waals surface area contributed by atoms with E-state index >= 15 is 0 Å². The molecule has 3 atom stereocenters. The summed E-state index contributed by atoms with van der Waals surface area (Å²) in [5.74, 6) is -1.34. The van der Waals surface area contributed by atoms with Crippen molar-refractivity contribution < 1.29 is 37.9 Å². The molecule has 0 aliphatic heterocycles. The lowest BCUT2D eigenvalue weighted by Gasteiger charge is -2.18. The van der Waals surface area contributed by atoms with Crippen LogP contribution in [0.1, 0.15) is 6.92 Å².